The van der Waals surface area contributed by atoms with E-state index in [1.54, 1.807) is 12.3 Å². The van der Waals surface area contributed by atoms with Crippen molar-refractivity contribution in [2.45, 2.75) is 0 Å². The van der Waals surface area contributed by atoms with Gasteiger partial charge in [-0.2, -0.15) is 0 Å². The number of rotatable bonds is 4. The third-order valence-corrected chi connectivity index (χ3v) is 1.36. The van der Waals surface area contributed by atoms with Crippen molar-refractivity contribution in [2.75, 3.05) is 19.0 Å². The molecular formula is C9H12N2O. The molecule has 0 aliphatic heterocycles. The fourth-order valence-electron chi connectivity index (χ4n) is 0.793. The summed E-state index contributed by atoms with van der Waals surface area (Å²) in [5.74, 6) is 1.60. The number of pyridine rings is 1. The first-order chi connectivity index (χ1) is 5.86. The van der Waals surface area contributed by atoms with Crippen molar-refractivity contribution in [3.63, 3.8) is 0 Å². The van der Waals surface area contributed by atoms with Crippen LogP contribution in [0.4, 0.5) is 5.82 Å². The van der Waals surface area contributed by atoms with Gasteiger partial charge in [0.1, 0.15) is 18.2 Å². The van der Waals surface area contributed by atoms with Gasteiger partial charge in [-0.05, 0) is 6.07 Å². The summed E-state index contributed by atoms with van der Waals surface area (Å²) in [5.41, 5.74) is 0. The zero-order valence-corrected chi connectivity index (χ0v) is 7.08. The monoisotopic (exact) mass is 164 g/mol. The van der Waals surface area contributed by atoms with Crippen LogP contribution in [0, 0.1) is 0 Å². The molecule has 0 bridgehead atoms. The van der Waals surface area contributed by atoms with Crippen LogP contribution >= 0.6 is 0 Å². The number of aromatic nitrogens is 1. The van der Waals surface area contributed by atoms with E-state index in [-0.39, 0.29) is 0 Å². The van der Waals surface area contributed by atoms with Gasteiger partial charge in [0.2, 0.25) is 0 Å². The zero-order chi connectivity index (χ0) is 8.81. The Morgan fingerprint density at radius 1 is 1.75 bits per heavy atom. The summed E-state index contributed by atoms with van der Waals surface area (Å²) in [4.78, 5) is 4.05. The van der Waals surface area contributed by atoms with E-state index in [2.05, 4.69) is 16.9 Å². The summed E-state index contributed by atoms with van der Waals surface area (Å²) in [6.45, 7) is 4.08. The Hall–Kier alpha value is -1.51. The molecule has 0 aromatic carbocycles. The van der Waals surface area contributed by atoms with Gasteiger partial charge in [0.25, 0.3) is 0 Å². The van der Waals surface area contributed by atoms with Crippen molar-refractivity contribution in [2.24, 2.45) is 0 Å². The Balaban J connectivity index is 2.65. The lowest BCUT2D eigenvalue weighted by Crippen LogP contribution is -1.95. The molecule has 1 aromatic rings. The minimum absolute atomic E-state index is 0.521. The molecule has 3 nitrogen and oxygen atoms in total. The number of hydrogen-bond donors (Lipinski definition) is 1. The molecule has 0 fully saturated rings. The molecule has 1 N–H and O–H groups in total. The Morgan fingerprint density at radius 2 is 2.58 bits per heavy atom. The average molecular weight is 164 g/mol. The molecule has 0 aliphatic carbocycles. The lowest BCUT2D eigenvalue weighted by Gasteiger charge is -2.04. The van der Waals surface area contributed by atoms with Gasteiger partial charge in [0.05, 0.1) is 0 Å². The summed E-state index contributed by atoms with van der Waals surface area (Å²) < 4.78 is 5.30. The topological polar surface area (TPSA) is 34.1 Å². The summed E-state index contributed by atoms with van der Waals surface area (Å²) in [5, 5.41) is 2.93. The van der Waals surface area contributed by atoms with Gasteiger partial charge < -0.3 is 10.1 Å². The molecule has 64 valence electrons. The molecule has 1 rings (SSSR count). The first kappa shape index (κ1) is 8.59. The second-order valence-corrected chi connectivity index (χ2v) is 2.23. The lowest BCUT2D eigenvalue weighted by molar-refractivity contribution is 0.363. The zero-order valence-electron chi connectivity index (χ0n) is 7.08. The van der Waals surface area contributed by atoms with Crippen molar-refractivity contribution < 1.29 is 4.74 Å². The summed E-state index contributed by atoms with van der Waals surface area (Å²) >= 11 is 0. The fraction of sp³-hybridized carbons (Fsp3) is 0.222. The summed E-state index contributed by atoms with van der Waals surface area (Å²) in [6, 6.07) is 3.65. The largest absolute Gasteiger partial charge is 0.489 e. The highest BCUT2D eigenvalue weighted by Crippen LogP contribution is 2.13. The first-order valence-corrected chi connectivity index (χ1v) is 3.74. The highest BCUT2D eigenvalue weighted by molar-refractivity contribution is 5.39. The molecule has 0 aliphatic rings. The maximum absolute atomic E-state index is 5.30. The van der Waals surface area contributed by atoms with E-state index in [9.17, 15) is 0 Å². The van der Waals surface area contributed by atoms with Crippen LogP contribution in [-0.4, -0.2) is 18.6 Å². The molecule has 3 heteroatoms. The molecule has 0 amide bonds. The van der Waals surface area contributed by atoms with E-state index >= 15 is 0 Å². The van der Waals surface area contributed by atoms with Crippen LogP contribution in [0.1, 0.15) is 0 Å². The molecule has 1 aromatic heterocycles. The van der Waals surface area contributed by atoms with Crippen LogP contribution in [0.5, 0.6) is 5.75 Å². The van der Waals surface area contributed by atoms with Gasteiger partial charge in [0.15, 0.2) is 0 Å². The third-order valence-electron chi connectivity index (χ3n) is 1.36. The van der Waals surface area contributed by atoms with Crippen molar-refractivity contribution >= 4 is 5.82 Å². The number of ether oxygens (including phenoxy) is 1. The molecule has 0 radical (unpaired) electrons. The SMILES string of the molecule is C=CCOc1ccnc(NC)c1. The van der Waals surface area contributed by atoms with Crippen LogP contribution in [0.2, 0.25) is 0 Å². The molecule has 0 saturated carbocycles. The minimum Gasteiger partial charge on any atom is -0.489 e. The van der Waals surface area contributed by atoms with Crippen molar-refractivity contribution in [3.8, 4) is 5.75 Å². The summed E-state index contributed by atoms with van der Waals surface area (Å²) in [7, 11) is 1.82. The van der Waals surface area contributed by atoms with Gasteiger partial charge in [-0.3, -0.25) is 0 Å². The van der Waals surface area contributed by atoms with E-state index < -0.39 is 0 Å². The molecule has 0 atom stereocenters. The van der Waals surface area contributed by atoms with E-state index in [0.717, 1.165) is 11.6 Å². The van der Waals surface area contributed by atoms with E-state index in [1.807, 2.05) is 19.2 Å². The van der Waals surface area contributed by atoms with Crippen molar-refractivity contribution in [1.82, 2.24) is 4.98 Å². The molecule has 0 spiro atoms. The Kier molecular flexibility index (Phi) is 3.14. The van der Waals surface area contributed by atoms with Gasteiger partial charge in [-0.15, -0.1) is 0 Å². The maximum Gasteiger partial charge on any atom is 0.129 e. The molecule has 1 heterocycles. The summed E-state index contributed by atoms with van der Waals surface area (Å²) in [6.07, 6.45) is 3.41. The average Bonchev–Trinajstić information content (AvgIpc) is 2.15. The Morgan fingerprint density at radius 3 is 3.25 bits per heavy atom. The predicted molar refractivity (Wildman–Crippen MR) is 49.5 cm³/mol. The highest BCUT2D eigenvalue weighted by Gasteiger charge is 1.93. The van der Waals surface area contributed by atoms with Crippen LogP contribution in [0.25, 0.3) is 0 Å². The molecule has 12 heavy (non-hydrogen) atoms. The fourth-order valence-corrected chi connectivity index (χ4v) is 0.793. The van der Waals surface area contributed by atoms with Gasteiger partial charge >= 0.3 is 0 Å². The lowest BCUT2D eigenvalue weighted by atomic mass is 10.4. The maximum atomic E-state index is 5.30. The van der Waals surface area contributed by atoms with Gasteiger partial charge in [-0.1, -0.05) is 12.7 Å². The van der Waals surface area contributed by atoms with E-state index in [0.29, 0.717) is 6.61 Å². The van der Waals surface area contributed by atoms with Crippen LogP contribution in [-0.2, 0) is 0 Å². The Labute approximate surface area is 72.1 Å². The van der Waals surface area contributed by atoms with E-state index in [4.69, 9.17) is 4.74 Å². The normalized spacial score (nSPS) is 9.08. The Bertz CT molecular complexity index is 260. The number of nitrogens with one attached hydrogen (secondary N) is 1. The second-order valence-electron chi connectivity index (χ2n) is 2.23. The molecule has 0 saturated heterocycles. The number of hydrogen-bond acceptors (Lipinski definition) is 3. The quantitative estimate of drug-likeness (QED) is 0.687. The van der Waals surface area contributed by atoms with Gasteiger partial charge in [-0.25, -0.2) is 4.98 Å². The first-order valence-electron chi connectivity index (χ1n) is 3.74. The second kappa shape index (κ2) is 4.38. The smallest absolute Gasteiger partial charge is 0.129 e. The van der Waals surface area contributed by atoms with E-state index in [1.165, 1.54) is 0 Å². The van der Waals surface area contributed by atoms with Gasteiger partial charge in [0, 0.05) is 19.3 Å². The van der Waals surface area contributed by atoms with Crippen molar-refractivity contribution in [1.29, 1.82) is 0 Å². The number of anilines is 1. The predicted octanol–water partition coefficient (Wildman–Crippen LogP) is 1.69. The standard InChI is InChI=1S/C9H12N2O/c1-3-6-12-8-4-5-11-9(7-8)10-2/h3-5,7H,1,6H2,2H3,(H,10,11). The third kappa shape index (κ3) is 2.27. The molecular weight excluding hydrogens is 152 g/mol. The van der Waals surface area contributed by atoms with Crippen LogP contribution in [0.15, 0.2) is 31.0 Å². The highest BCUT2D eigenvalue weighted by atomic mass is 16.5. The van der Waals surface area contributed by atoms with Crippen LogP contribution in [0.3, 0.4) is 0 Å². The number of nitrogens with zero attached hydrogens (tertiary/aromatic N) is 1. The molecule has 0 unspecified atom stereocenters. The van der Waals surface area contributed by atoms with Crippen molar-refractivity contribution in [3.05, 3.63) is 31.0 Å². The minimum atomic E-state index is 0.521. The van der Waals surface area contributed by atoms with Crippen LogP contribution < -0.4 is 10.1 Å².